The molecule has 8 heteroatoms. The molecule has 2 rings (SSSR count). The molecule has 1 heterocycles. The van der Waals surface area contributed by atoms with E-state index in [1.54, 1.807) is 18.4 Å². The minimum absolute atomic E-state index is 0.0515. The molecule has 0 spiro atoms. The van der Waals surface area contributed by atoms with Crippen LogP contribution in [-0.4, -0.2) is 28.2 Å². The fraction of sp³-hybridized carbons (Fsp3) is 0.458. The van der Waals surface area contributed by atoms with Crippen LogP contribution in [0.25, 0.3) is 0 Å². The third-order valence-electron chi connectivity index (χ3n) is 4.72. The lowest BCUT2D eigenvalue weighted by Gasteiger charge is -2.38. The van der Waals surface area contributed by atoms with Gasteiger partial charge in [0.1, 0.15) is 11.6 Å². The van der Waals surface area contributed by atoms with Crippen molar-refractivity contribution in [3.05, 3.63) is 64.5 Å². The fourth-order valence-corrected chi connectivity index (χ4v) is 3.89. The summed E-state index contributed by atoms with van der Waals surface area (Å²) in [4.78, 5) is 4.04. The molecular weight excluding hydrogens is 442 g/mol. The number of rotatable bonds is 7. The van der Waals surface area contributed by atoms with Crippen molar-refractivity contribution in [2.45, 2.75) is 65.2 Å². The van der Waals surface area contributed by atoms with Crippen molar-refractivity contribution in [3.63, 3.8) is 0 Å². The lowest BCUT2D eigenvalue weighted by Crippen LogP contribution is -2.48. The smallest absolute Gasteiger partial charge is 0.417 e. The molecule has 0 fully saturated rings. The summed E-state index contributed by atoms with van der Waals surface area (Å²) < 4.78 is 55.0. The van der Waals surface area contributed by atoms with E-state index >= 15 is 0 Å². The van der Waals surface area contributed by atoms with Gasteiger partial charge in [-0.1, -0.05) is 39.8 Å². The molecular formula is C24H31F4NO2S. The van der Waals surface area contributed by atoms with E-state index in [1.165, 1.54) is 26.1 Å². The predicted molar refractivity (Wildman–Crippen MR) is 125 cm³/mol. The number of phenols is 1. The van der Waals surface area contributed by atoms with Crippen molar-refractivity contribution in [3.8, 4) is 5.75 Å². The zero-order chi connectivity index (χ0) is 24.6. The van der Waals surface area contributed by atoms with Gasteiger partial charge in [-0.2, -0.15) is 13.2 Å². The maximum atomic E-state index is 13.8. The summed E-state index contributed by atoms with van der Waals surface area (Å²) in [5, 5.41) is 20.5. The van der Waals surface area contributed by atoms with Gasteiger partial charge in [-0.3, -0.25) is 4.99 Å². The summed E-state index contributed by atoms with van der Waals surface area (Å²) >= 11 is 4.17. The molecule has 0 aromatic heterocycles. The Labute approximate surface area is 192 Å². The van der Waals surface area contributed by atoms with Crippen LogP contribution in [0.1, 0.15) is 52.5 Å². The van der Waals surface area contributed by atoms with Crippen molar-refractivity contribution in [2.75, 3.05) is 0 Å². The Kier molecular flexibility index (Phi) is 10.2. The molecule has 3 nitrogen and oxygen atoms in total. The lowest BCUT2D eigenvalue weighted by atomic mass is 9.74. The Bertz CT molecular complexity index is 888. The van der Waals surface area contributed by atoms with Gasteiger partial charge in [0, 0.05) is 18.8 Å². The van der Waals surface area contributed by atoms with E-state index in [4.69, 9.17) is 0 Å². The highest BCUT2D eigenvalue weighted by Gasteiger charge is 2.55. The Morgan fingerprint density at radius 1 is 1.22 bits per heavy atom. The number of allylic oxidation sites excluding steroid dienone is 4. The highest BCUT2D eigenvalue weighted by Crippen LogP contribution is 2.45. The fourth-order valence-electron chi connectivity index (χ4n) is 3.48. The molecule has 1 aromatic carbocycles. The summed E-state index contributed by atoms with van der Waals surface area (Å²) in [6, 6.07) is 3.30. The summed E-state index contributed by atoms with van der Waals surface area (Å²) in [6.07, 6.45) is 2.34. The minimum Gasteiger partial charge on any atom is -0.508 e. The van der Waals surface area contributed by atoms with E-state index in [1.807, 2.05) is 13.8 Å². The molecule has 0 saturated carbocycles. The first kappa shape index (κ1) is 28.0. The standard InChI is InChI=1S/C22H25F4NO2S.C2H6/c1-20(2,11-16-10-17(23)6-7-19(16)28)14-21(29,22(24,25)26)12-18(30)9-15-5-3-4-8-27-13-15;1-2/h4-10,13,28-30H,3,11-12,14H2,1-2H3;1-2H3/b18-9-;. The number of hydrogen-bond donors (Lipinski definition) is 3. The van der Waals surface area contributed by atoms with Gasteiger partial charge < -0.3 is 10.2 Å². The topological polar surface area (TPSA) is 52.8 Å². The second-order valence-electron chi connectivity index (χ2n) is 8.24. The van der Waals surface area contributed by atoms with E-state index in [0.717, 1.165) is 18.2 Å². The number of aliphatic hydroxyl groups is 1. The molecule has 0 amide bonds. The Balaban J connectivity index is 0.00000249. The van der Waals surface area contributed by atoms with Crippen molar-refractivity contribution in [2.24, 2.45) is 10.4 Å². The summed E-state index contributed by atoms with van der Waals surface area (Å²) in [5.74, 6) is -0.805. The number of halogens is 4. The molecule has 0 bridgehead atoms. The largest absolute Gasteiger partial charge is 0.508 e. The van der Waals surface area contributed by atoms with Crippen molar-refractivity contribution in [1.82, 2.24) is 0 Å². The van der Waals surface area contributed by atoms with Crippen LogP contribution < -0.4 is 0 Å². The average molecular weight is 474 g/mol. The summed E-state index contributed by atoms with van der Waals surface area (Å²) in [5.41, 5.74) is -3.37. The zero-order valence-electron chi connectivity index (χ0n) is 18.7. The van der Waals surface area contributed by atoms with Gasteiger partial charge in [-0.05, 0) is 65.0 Å². The van der Waals surface area contributed by atoms with Crippen LogP contribution in [-0.2, 0) is 6.42 Å². The second-order valence-corrected chi connectivity index (χ2v) is 8.81. The number of benzene rings is 1. The normalized spacial score (nSPS) is 16.6. The molecule has 0 saturated heterocycles. The van der Waals surface area contributed by atoms with Crippen molar-refractivity contribution in [1.29, 1.82) is 0 Å². The molecule has 1 unspecified atom stereocenters. The first-order valence-electron chi connectivity index (χ1n) is 10.4. The number of aromatic hydroxyl groups is 1. The second kappa shape index (κ2) is 11.7. The summed E-state index contributed by atoms with van der Waals surface area (Å²) in [7, 11) is 0. The predicted octanol–water partition coefficient (Wildman–Crippen LogP) is 6.93. The molecule has 178 valence electrons. The molecule has 2 N–H and O–H groups in total. The van der Waals surface area contributed by atoms with Gasteiger partial charge in [0.15, 0.2) is 5.60 Å². The first-order chi connectivity index (χ1) is 14.8. The van der Waals surface area contributed by atoms with Gasteiger partial charge >= 0.3 is 6.18 Å². The molecule has 1 aliphatic heterocycles. The molecule has 0 radical (unpaired) electrons. The van der Waals surface area contributed by atoms with Gasteiger partial charge in [0.2, 0.25) is 0 Å². The van der Waals surface area contributed by atoms with Crippen LogP contribution in [0.4, 0.5) is 17.6 Å². The molecule has 32 heavy (non-hydrogen) atoms. The van der Waals surface area contributed by atoms with Crippen LogP contribution >= 0.6 is 12.6 Å². The Morgan fingerprint density at radius 2 is 1.88 bits per heavy atom. The van der Waals surface area contributed by atoms with E-state index in [2.05, 4.69) is 17.6 Å². The van der Waals surface area contributed by atoms with Crippen LogP contribution in [0.5, 0.6) is 5.75 Å². The van der Waals surface area contributed by atoms with E-state index in [0.29, 0.717) is 12.0 Å². The number of thiol groups is 1. The number of aliphatic imine (C=N–C) groups is 1. The Hall–Kier alpha value is -2.06. The molecule has 0 aliphatic carbocycles. The van der Waals surface area contributed by atoms with Crippen LogP contribution in [0.2, 0.25) is 0 Å². The molecule has 1 aliphatic rings. The number of phenolic OH excluding ortho intramolecular Hbond substituents is 1. The highest BCUT2D eigenvalue weighted by atomic mass is 32.1. The monoisotopic (exact) mass is 473 g/mol. The first-order valence-corrected chi connectivity index (χ1v) is 10.8. The Morgan fingerprint density at radius 3 is 2.50 bits per heavy atom. The van der Waals surface area contributed by atoms with Crippen LogP contribution in [0.3, 0.4) is 0 Å². The number of nitrogens with zero attached hydrogens (tertiary/aromatic N) is 1. The van der Waals surface area contributed by atoms with Gasteiger partial charge in [-0.15, -0.1) is 12.6 Å². The molecule has 1 aromatic rings. The van der Waals surface area contributed by atoms with E-state index in [9.17, 15) is 27.8 Å². The lowest BCUT2D eigenvalue weighted by molar-refractivity contribution is -0.268. The van der Waals surface area contributed by atoms with Crippen LogP contribution in [0.15, 0.2) is 58.1 Å². The number of hydrogen-bond acceptors (Lipinski definition) is 4. The van der Waals surface area contributed by atoms with E-state index in [-0.39, 0.29) is 22.6 Å². The van der Waals surface area contributed by atoms with Gasteiger partial charge in [0.05, 0.1) is 0 Å². The highest BCUT2D eigenvalue weighted by molar-refractivity contribution is 7.84. The maximum absolute atomic E-state index is 13.8. The van der Waals surface area contributed by atoms with Gasteiger partial charge in [0.25, 0.3) is 0 Å². The zero-order valence-corrected chi connectivity index (χ0v) is 19.6. The molecule has 1 atom stereocenters. The quantitative estimate of drug-likeness (QED) is 0.297. The van der Waals surface area contributed by atoms with Crippen molar-refractivity contribution < 1.29 is 27.8 Å². The third-order valence-corrected chi connectivity index (χ3v) is 5.01. The SMILES string of the molecule is CC.CC(C)(Cc1cc(F)ccc1O)CC(O)(C/C(S)=C/C1=CCC=CN=C1)C(F)(F)F. The van der Waals surface area contributed by atoms with Gasteiger partial charge in [-0.25, -0.2) is 4.39 Å². The number of alkyl halides is 3. The maximum Gasteiger partial charge on any atom is 0.417 e. The van der Waals surface area contributed by atoms with Crippen LogP contribution in [0, 0.1) is 11.2 Å². The van der Waals surface area contributed by atoms with Crippen molar-refractivity contribution >= 4 is 18.8 Å². The third kappa shape index (κ3) is 8.47. The minimum atomic E-state index is -4.91. The summed E-state index contributed by atoms with van der Waals surface area (Å²) in [6.45, 7) is 7.06. The average Bonchev–Trinajstić information content (AvgIpc) is 2.93. The van der Waals surface area contributed by atoms with E-state index < -0.39 is 35.9 Å².